The SMILES string of the molecule is CCOC(=O)c1c(/C=N/OC(C)(C)C)cccc1Oc1nc(OC)cc(OC)n1. The Bertz CT molecular complexity index is 855. The molecule has 1 aromatic heterocycles. The van der Waals surface area contributed by atoms with Crippen LogP contribution in [0.15, 0.2) is 29.4 Å². The van der Waals surface area contributed by atoms with E-state index in [-0.39, 0.29) is 35.7 Å². The standard InChI is InChI=1S/C20H25N3O6/c1-7-27-18(24)17-13(12-21-29-20(2,3)4)9-8-10-14(17)28-19-22-15(25-5)11-16(23-19)26-6/h8-12H,7H2,1-6H3/b21-12+. The second-order valence-electron chi connectivity index (χ2n) is 6.72. The smallest absolute Gasteiger partial charge is 0.342 e. The van der Waals surface area contributed by atoms with E-state index < -0.39 is 11.6 Å². The van der Waals surface area contributed by atoms with Crippen molar-refractivity contribution in [2.75, 3.05) is 20.8 Å². The van der Waals surface area contributed by atoms with Crippen LogP contribution < -0.4 is 14.2 Å². The minimum Gasteiger partial charge on any atom is -0.481 e. The van der Waals surface area contributed by atoms with E-state index in [0.29, 0.717) is 5.56 Å². The molecule has 0 saturated heterocycles. The average molecular weight is 403 g/mol. The molecule has 0 amide bonds. The highest BCUT2D eigenvalue weighted by Gasteiger charge is 2.20. The van der Waals surface area contributed by atoms with E-state index >= 15 is 0 Å². The fourth-order valence-corrected chi connectivity index (χ4v) is 2.14. The molecule has 2 rings (SSSR count). The molecule has 0 aliphatic rings. The van der Waals surface area contributed by atoms with E-state index in [4.69, 9.17) is 23.8 Å². The van der Waals surface area contributed by atoms with Gasteiger partial charge in [-0.1, -0.05) is 17.3 Å². The molecule has 0 bridgehead atoms. The largest absolute Gasteiger partial charge is 0.481 e. The summed E-state index contributed by atoms with van der Waals surface area (Å²) in [5, 5.41) is 3.96. The van der Waals surface area contributed by atoms with Crippen LogP contribution in [0.4, 0.5) is 0 Å². The van der Waals surface area contributed by atoms with Crippen LogP contribution in [0.25, 0.3) is 0 Å². The molecule has 0 N–H and O–H groups in total. The molecule has 0 unspecified atom stereocenters. The third-order valence-corrected chi connectivity index (χ3v) is 3.33. The third-order valence-electron chi connectivity index (χ3n) is 3.33. The van der Waals surface area contributed by atoms with Crippen LogP contribution in [-0.4, -0.2) is 48.6 Å². The van der Waals surface area contributed by atoms with Gasteiger partial charge < -0.3 is 23.8 Å². The number of hydrogen-bond acceptors (Lipinski definition) is 9. The second-order valence-corrected chi connectivity index (χ2v) is 6.72. The molecule has 9 heteroatoms. The van der Waals surface area contributed by atoms with Crippen molar-refractivity contribution in [1.29, 1.82) is 0 Å². The van der Waals surface area contributed by atoms with Gasteiger partial charge in [0.15, 0.2) is 0 Å². The van der Waals surface area contributed by atoms with Gasteiger partial charge in [0.05, 0.1) is 33.1 Å². The van der Waals surface area contributed by atoms with Crippen molar-refractivity contribution < 1.29 is 28.6 Å². The van der Waals surface area contributed by atoms with E-state index in [1.54, 1.807) is 25.1 Å². The van der Waals surface area contributed by atoms with Crippen LogP contribution in [0, 0.1) is 0 Å². The molecule has 0 atom stereocenters. The van der Waals surface area contributed by atoms with Gasteiger partial charge in [-0.05, 0) is 33.8 Å². The van der Waals surface area contributed by atoms with Crippen molar-refractivity contribution in [2.45, 2.75) is 33.3 Å². The Morgan fingerprint density at radius 1 is 1.14 bits per heavy atom. The van der Waals surface area contributed by atoms with E-state index in [1.165, 1.54) is 26.5 Å². The van der Waals surface area contributed by atoms with E-state index in [0.717, 1.165) is 0 Å². The lowest BCUT2D eigenvalue weighted by molar-refractivity contribution is 0.00199. The van der Waals surface area contributed by atoms with Crippen LogP contribution in [0.3, 0.4) is 0 Å². The van der Waals surface area contributed by atoms with Gasteiger partial charge in [0.25, 0.3) is 0 Å². The van der Waals surface area contributed by atoms with Crippen molar-refractivity contribution in [3.05, 3.63) is 35.4 Å². The summed E-state index contributed by atoms with van der Waals surface area (Å²) in [4.78, 5) is 26.2. The lowest BCUT2D eigenvalue weighted by Gasteiger charge is -2.15. The summed E-state index contributed by atoms with van der Waals surface area (Å²) in [5.41, 5.74) is 0.153. The molecule has 29 heavy (non-hydrogen) atoms. The number of methoxy groups -OCH3 is 2. The van der Waals surface area contributed by atoms with Crippen LogP contribution in [-0.2, 0) is 9.57 Å². The van der Waals surface area contributed by atoms with Gasteiger partial charge in [0.2, 0.25) is 11.8 Å². The number of rotatable bonds is 8. The van der Waals surface area contributed by atoms with Crippen molar-refractivity contribution in [3.8, 4) is 23.5 Å². The van der Waals surface area contributed by atoms with E-state index in [1.807, 2.05) is 20.8 Å². The molecule has 2 aromatic rings. The highest BCUT2D eigenvalue weighted by atomic mass is 16.6. The monoisotopic (exact) mass is 403 g/mol. The van der Waals surface area contributed by atoms with Crippen LogP contribution >= 0.6 is 0 Å². The number of carbonyl (C=O) groups excluding carboxylic acids is 1. The van der Waals surface area contributed by atoms with E-state index in [9.17, 15) is 4.79 Å². The number of hydrogen-bond donors (Lipinski definition) is 0. The average Bonchev–Trinajstić information content (AvgIpc) is 2.67. The predicted octanol–water partition coefficient (Wildman–Crippen LogP) is 3.61. The Balaban J connectivity index is 2.45. The van der Waals surface area contributed by atoms with Crippen molar-refractivity contribution in [2.24, 2.45) is 5.16 Å². The topological polar surface area (TPSA) is 101 Å². The van der Waals surface area contributed by atoms with Crippen LogP contribution in [0.2, 0.25) is 0 Å². The second kappa shape index (κ2) is 9.72. The van der Waals surface area contributed by atoms with Crippen LogP contribution in [0.5, 0.6) is 23.5 Å². The quantitative estimate of drug-likeness (QED) is 0.374. The lowest BCUT2D eigenvalue weighted by atomic mass is 10.1. The fraction of sp³-hybridized carbons (Fsp3) is 0.400. The maximum Gasteiger partial charge on any atom is 0.342 e. The number of ether oxygens (including phenoxy) is 4. The summed E-state index contributed by atoms with van der Waals surface area (Å²) >= 11 is 0. The summed E-state index contributed by atoms with van der Waals surface area (Å²) in [5.74, 6) is 0.121. The molecule has 0 saturated carbocycles. The minimum atomic E-state index is -0.574. The Labute approximate surface area is 169 Å². The molecule has 156 valence electrons. The van der Waals surface area contributed by atoms with Crippen LogP contribution in [0.1, 0.15) is 43.6 Å². The third kappa shape index (κ3) is 6.34. The van der Waals surface area contributed by atoms with Crippen molar-refractivity contribution in [3.63, 3.8) is 0 Å². The fourth-order valence-electron chi connectivity index (χ4n) is 2.14. The number of nitrogens with zero attached hydrogens (tertiary/aromatic N) is 3. The highest BCUT2D eigenvalue weighted by Crippen LogP contribution is 2.29. The molecule has 1 heterocycles. The first-order chi connectivity index (χ1) is 13.8. The maximum absolute atomic E-state index is 12.6. The zero-order chi connectivity index (χ0) is 21.4. The summed E-state index contributed by atoms with van der Waals surface area (Å²) in [6, 6.07) is 6.46. The minimum absolute atomic E-state index is 0.0493. The molecule has 9 nitrogen and oxygen atoms in total. The number of benzene rings is 1. The van der Waals surface area contributed by atoms with Gasteiger partial charge in [-0.25, -0.2) is 4.79 Å². The van der Waals surface area contributed by atoms with Gasteiger partial charge in [-0.3, -0.25) is 0 Å². The summed E-state index contributed by atoms with van der Waals surface area (Å²) in [6.07, 6.45) is 1.43. The normalized spacial score (nSPS) is 11.2. The first-order valence-corrected chi connectivity index (χ1v) is 8.94. The Morgan fingerprint density at radius 3 is 2.34 bits per heavy atom. The molecule has 0 radical (unpaired) electrons. The molecule has 1 aromatic carbocycles. The molecular weight excluding hydrogens is 378 g/mol. The molecule has 0 spiro atoms. The Kier molecular flexibility index (Phi) is 7.35. The Morgan fingerprint density at radius 2 is 1.79 bits per heavy atom. The van der Waals surface area contributed by atoms with Gasteiger partial charge in [0.1, 0.15) is 16.9 Å². The summed E-state index contributed by atoms with van der Waals surface area (Å²) in [6.45, 7) is 7.51. The van der Waals surface area contributed by atoms with E-state index in [2.05, 4.69) is 15.1 Å². The summed E-state index contributed by atoms with van der Waals surface area (Å²) in [7, 11) is 2.92. The molecule has 0 fully saturated rings. The zero-order valence-electron chi connectivity index (χ0n) is 17.4. The van der Waals surface area contributed by atoms with Crippen molar-refractivity contribution in [1.82, 2.24) is 9.97 Å². The highest BCUT2D eigenvalue weighted by molar-refractivity contribution is 6.01. The van der Waals surface area contributed by atoms with Gasteiger partial charge >= 0.3 is 12.0 Å². The van der Waals surface area contributed by atoms with Gasteiger partial charge in [0, 0.05) is 5.56 Å². The lowest BCUT2D eigenvalue weighted by Crippen LogP contribution is -2.16. The summed E-state index contributed by atoms with van der Waals surface area (Å²) < 4.78 is 21.2. The van der Waals surface area contributed by atoms with Gasteiger partial charge in [-0.2, -0.15) is 9.97 Å². The first kappa shape index (κ1) is 21.9. The molecular formula is C20H25N3O6. The van der Waals surface area contributed by atoms with Crippen molar-refractivity contribution >= 4 is 12.2 Å². The Hall–Kier alpha value is -3.36. The molecule has 0 aliphatic carbocycles. The van der Waals surface area contributed by atoms with Gasteiger partial charge in [-0.15, -0.1) is 0 Å². The molecule has 0 aliphatic heterocycles. The number of carbonyl (C=O) groups is 1. The zero-order valence-corrected chi connectivity index (χ0v) is 17.4. The maximum atomic E-state index is 12.6. The number of aromatic nitrogens is 2. The number of oxime groups is 1. The number of esters is 1. The predicted molar refractivity (Wildman–Crippen MR) is 106 cm³/mol. The first-order valence-electron chi connectivity index (χ1n) is 8.94.